The van der Waals surface area contributed by atoms with Gasteiger partial charge in [0.05, 0.1) is 13.0 Å². The lowest BCUT2D eigenvalue weighted by atomic mass is 9.83. The summed E-state index contributed by atoms with van der Waals surface area (Å²) in [6.45, 7) is 0. The summed E-state index contributed by atoms with van der Waals surface area (Å²) < 4.78 is 0. The number of ketones is 1. The lowest BCUT2D eigenvalue weighted by Crippen LogP contribution is -2.41. The van der Waals surface area contributed by atoms with E-state index in [2.05, 4.69) is 4.84 Å². The second-order valence-electron chi connectivity index (χ2n) is 2.58. The summed E-state index contributed by atoms with van der Waals surface area (Å²) in [5, 5.41) is 1.10. The molecule has 0 radical (unpaired) electrons. The van der Waals surface area contributed by atoms with Crippen LogP contribution in [0.2, 0.25) is 0 Å². The maximum absolute atomic E-state index is 11.1. The molecule has 0 unspecified atom stereocenters. The van der Waals surface area contributed by atoms with Gasteiger partial charge in [0, 0.05) is 13.5 Å². The fourth-order valence-corrected chi connectivity index (χ4v) is 0.977. The Morgan fingerprint density at radius 3 is 2.64 bits per heavy atom. The fourth-order valence-electron chi connectivity index (χ4n) is 0.977. The van der Waals surface area contributed by atoms with Crippen LogP contribution in [0.15, 0.2) is 0 Å². The number of Topliss-reactive ketones (excluding diaryl/α,β-unsaturated/α-hetero) is 1. The van der Waals surface area contributed by atoms with E-state index in [0.717, 1.165) is 5.06 Å². The smallest absolute Gasteiger partial charge is 0.256 e. The van der Waals surface area contributed by atoms with E-state index < -0.39 is 5.92 Å². The second-order valence-corrected chi connectivity index (χ2v) is 2.58. The summed E-state index contributed by atoms with van der Waals surface area (Å²) in [6.07, 6.45) is 1.21. The van der Waals surface area contributed by atoms with Gasteiger partial charge in [0.15, 0.2) is 0 Å². The van der Waals surface area contributed by atoms with E-state index in [1.54, 1.807) is 0 Å². The molecule has 11 heavy (non-hydrogen) atoms. The third kappa shape index (κ3) is 1.40. The van der Waals surface area contributed by atoms with Crippen molar-refractivity contribution in [1.82, 2.24) is 5.06 Å². The van der Waals surface area contributed by atoms with Crippen molar-refractivity contribution in [2.75, 3.05) is 14.2 Å². The molecule has 1 saturated carbocycles. The van der Waals surface area contributed by atoms with Gasteiger partial charge in [-0.1, -0.05) is 0 Å². The van der Waals surface area contributed by atoms with E-state index in [-0.39, 0.29) is 11.7 Å². The molecule has 1 aliphatic carbocycles. The number of hydroxylamine groups is 2. The standard InChI is InChI=1S/C7H11NO3/c1-8(11-2)7(10)5-3-4-6(5)9/h5H,3-4H2,1-2H3/t5-/m0/s1. The van der Waals surface area contributed by atoms with Gasteiger partial charge in [0.1, 0.15) is 5.78 Å². The molecule has 0 aliphatic heterocycles. The summed E-state index contributed by atoms with van der Waals surface area (Å²) in [5.74, 6) is -0.636. The van der Waals surface area contributed by atoms with Crippen molar-refractivity contribution in [1.29, 1.82) is 0 Å². The van der Waals surface area contributed by atoms with Crippen molar-refractivity contribution in [3.8, 4) is 0 Å². The second kappa shape index (κ2) is 3.00. The van der Waals surface area contributed by atoms with Gasteiger partial charge in [-0.2, -0.15) is 0 Å². The molecule has 1 fully saturated rings. The Hall–Kier alpha value is -0.900. The highest BCUT2D eigenvalue weighted by atomic mass is 16.7. The number of amides is 1. The highest BCUT2D eigenvalue weighted by Crippen LogP contribution is 2.23. The lowest BCUT2D eigenvalue weighted by Gasteiger charge is -2.26. The van der Waals surface area contributed by atoms with Crippen molar-refractivity contribution in [2.45, 2.75) is 12.8 Å². The van der Waals surface area contributed by atoms with E-state index in [1.165, 1.54) is 14.2 Å². The zero-order valence-electron chi connectivity index (χ0n) is 6.66. The molecule has 0 aromatic rings. The first-order chi connectivity index (χ1) is 5.16. The molecule has 0 bridgehead atoms. The van der Waals surface area contributed by atoms with Crippen LogP contribution in [-0.4, -0.2) is 30.9 Å². The Kier molecular flexibility index (Phi) is 2.24. The third-order valence-corrected chi connectivity index (χ3v) is 1.95. The van der Waals surface area contributed by atoms with Gasteiger partial charge >= 0.3 is 0 Å². The van der Waals surface area contributed by atoms with Crippen molar-refractivity contribution >= 4 is 11.7 Å². The van der Waals surface area contributed by atoms with Gasteiger partial charge in [-0.25, -0.2) is 5.06 Å². The SMILES string of the molecule is CON(C)C(=O)[C@H]1CCC1=O. The van der Waals surface area contributed by atoms with E-state index in [4.69, 9.17) is 0 Å². The van der Waals surface area contributed by atoms with Gasteiger partial charge in [0.25, 0.3) is 5.91 Å². The average molecular weight is 157 g/mol. The molecule has 1 amide bonds. The van der Waals surface area contributed by atoms with Gasteiger partial charge < -0.3 is 0 Å². The predicted octanol–water partition coefficient (Wildman–Crippen LogP) is -0.0147. The molecular weight excluding hydrogens is 146 g/mol. The molecular formula is C7H11NO3. The normalized spacial score (nSPS) is 22.7. The number of nitrogens with zero attached hydrogens (tertiary/aromatic N) is 1. The first kappa shape index (κ1) is 8.20. The van der Waals surface area contributed by atoms with E-state index in [1.807, 2.05) is 0 Å². The lowest BCUT2D eigenvalue weighted by molar-refractivity contribution is -0.177. The van der Waals surface area contributed by atoms with Crippen LogP contribution < -0.4 is 0 Å². The molecule has 0 spiro atoms. The number of carbonyl (C=O) groups excluding carboxylic acids is 2. The summed E-state index contributed by atoms with van der Waals surface area (Å²) in [7, 11) is 2.91. The van der Waals surface area contributed by atoms with Crippen molar-refractivity contribution in [3.63, 3.8) is 0 Å². The van der Waals surface area contributed by atoms with E-state index >= 15 is 0 Å². The largest absolute Gasteiger partial charge is 0.299 e. The molecule has 1 atom stereocenters. The van der Waals surface area contributed by atoms with Crippen molar-refractivity contribution in [3.05, 3.63) is 0 Å². The Morgan fingerprint density at radius 2 is 2.36 bits per heavy atom. The highest BCUT2D eigenvalue weighted by Gasteiger charge is 2.36. The summed E-state index contributed by atoms with van der Waals surface area (Å²) in [5.41, 5.74) is 0. The first-order valence-corrected chi connectivity index (χ1v) is 3.51. The molecule has 4 nitrogen and oxygen atoms in total. The van der Waals surface area contributed by atoms with Gasteiger partial charge in [-0.15, -0.1) is 0 Å². The van der Waals surface area contributed by atoms with Crippen LogP contribution >= 0.6 is 0 Å². The van der Waals surface area contributed by atoms with E-state index in [0.29, 0.717) is 12.8 Å². The number of hydrogen-bond acceptors (Lipinski definition) is 3. The zero-order valence-corrected chi connectivity index (χ0v) is 6.66. The Balaban J connectivity index is 2.47. The maximum atomic E-state index is 11.1. The number of rotatable bonds is 2. The van der Waals surface area contributed by atoms with Crippen LogP contribution in [-0.2, 0) is 14.4 Å². The molecule has 0 aromatic heterocycles. The van der Waals surface area contributed by atoms with Crippen molar-refractivity contribution < 1.29 is 14.4 Å². The van der Waals surface area contributed by atoms with Crippen LogP contribution in [0.25, 0.3) is 0 Å². The number of carbonyl (C=O) groups is 2. The molecule has 0 saturated heterocycles. The van der Waals surface area contributed by atoms with Gasteiger partial charge in [-0.05, 0) is 6.42 Å². The van der Waals surface area contributed by atoms with Gasteiger partial charge in [-0.3, -0.25) is 14.4 Å². The Bertz CT molecular complexity index is 190. The fraction of sp³-hybridized carbons (Fsp3) is 0.714. The summed E-state index contributed by atoms with van der Waals surface area (Å²) in [4.78, 5) is 26.6. The molecule has 1 aliphatic rings. The summed E-state index contributed by atoms with van der Waals surface area (Å²) >= 11 is 0. The minimum absolute atomic E-state index is 0.0268. The summed E-state index contributed by atoms with van der Waals surface area (Å²) in [6, 6.07) is 0. The quantitative estimate of drug-likeness (QED) is 0.418. The number of hydrogen-bond donors (Lipinski definition) is 0. The Morgan fingerprint density at radius 1 is 1.73 bits per heavy atom. The minimum Gasteiger partial charge on any atom is -0.299 e. The molecule has 62 valence electrons. The molecule has 0 N–H and O–H groups in total. The molecule has 0 aromatic carbocycles. The van der Waals surface area contributed by atoms with Crippen LogP contribution in [0.3, 0.4) is 0 Å². The van der Waals surface area contributed by atoms with Crippen LogP contribution in [0.5, 0.6) is 0 Å². The third-order valence-electron chi connectivity index (χ3n) is 1.95. The van der Waals surface area contributed by atoms with Crippen LogP contribution in [0.4, 0.5) is 0 Å². The topological polar surface area (TPSA) is 46.6 Å². The molecule has 1 rings (SSSR count). The zero-order chi connectivity index (χ0) is 8.43. The van der Waals surface area contributed by atoms with E-state index in [9.17, 15) is 9.59 Å². The predicted molar refractivity (Wildman–Crippen MR) is 37.5 cm³/mol. The molecule has 4 heteroatoms. The highest BCUT2D eigenvalue weighted by molar-refractivity contribution is 6.04. The minimum atomic E-state index is -0.431. The maximum Gasteiger partial charge on any atom is 0.256 e. The van der Waals surface area contributed by atoms with Gasteiger partial charge in [0.2, 0.25) is 0 Å². The first-order valence-electron chi connectivity index (χ1n) is 3.51. The van der Waals surface area contributed by atoms with Crippen LogP contribution in [0, 0.1) is 5.92 Å². The van der Waals surface area contributed by atoms with Crippen molar-refractivity contribution in [2.24, 2.45) is 5.92 Å². The average Bonchev–Trinajstić information content (AvgIpc) is 2.00. The monoisotopic (exact) mass is 157 g/mol. The van der Waals surface area contributed by atoms with Crippen LogP contribution in [0.1, 0.15) is 12.8 Å². The Labute approximate surface area is 65.1 Å². The molecule has 0 heterocycles.